The maximum absolute atomic E-state index is 14.7. The molecule has 0 aliphatic heterocycles. The van der Waals surface area contributed by atoms with E-state index in [0.717, 1.165) is 6.07 Å². The Labute approximate surface area is 206 Å². The average Bonchev–Trinajstić information content (AvgIpc) is 2.78. The van der Waals surface area contributed by atoms with Crippen LogP contribution in [0.15, 0.2) is 24.3 Å². The van der Waals surface area contributed by atoms with E-state index in [2.05, 4.69) is 0 Å². The second-order valence-electron chi connectivity index (χ2n) is 8.38. The fraction of sp³-hybridized carbons (Fsp3) is 0.714. The van der Waals surface area contributed by atoms with Gasteiger partial charge in [-0.2, -0.15) is 65.9 Å². The molecule has 1 atom stereocenters. The third kappa shape index (κ3) is 4.98. The maximum atomic E-state index is 14.7. The van der Waals surface area contributed by atoms with Gasteiger partial charge in [0.1, 0.15) is 0 Å². The number of alkyl halides is 15. The zero-order valence-corrected chi connectivity index (χ0v) is 20.0. The Hall–Kier alpha value is -2.07. The second kappa shape index (κ2) is 10.2. The summed E-state index contributed by atoms with van der Waals surface area (Å²) in [5, 5.41) is 0. The molecule has 0 aromatic heterocycles. The summed E-state index contributed by atoms with van der Waals surface area (Å²) in [6, 6.07) is 4.84. The fourth-order valence-corrected chi connectivity index (χ4v) is 3.57. The van der Waals surface area contributed by atoms with Crippen molar-refractivity contribution in [3.63, 3.8) is 0 Å². The third-order valence-corrected chi connectivity index (χ3v) is 5.98. The molecular weight excluding hydrogens is 567 g/mol. The molecule has 0 saturated heterocycles. The summed E-state index contributed by atoms with van der Waals surface area (Å²) in [5.74, 6) is -46.8. The summed E-state index contributed by atoms with van der Waals surface area (Å²) in [7, 11) is 0.637. The number of anilines is 1. The normalized spacial score (nSPS) is 16.4. The van der Waals surface area contributed by atoms with Gasteiger partial charge < -0.3 is 9.64 Å². The first kappa shape index (κ1) is 34.0. The minimum absolute atomic E-state index is 0.0365. The average molecular weight is 589 g/mol. The van der Waals surface area contributed by atoms with E-state index in [0.29, 0.717) is 14.0 Å². The van der Waals surface area contributed by atoms with Crippen LogP contribution < -0.4 is 4.90 Å². The van der Waals surface area contributed by atoms with Gasteiger partial charge in [0.2, 0.25) is 0 Å². The molecule has 0 aliphatic carbocycles. The lowest BCUT2D eigenvalue weighted by atomic mass is 9.82. The Morgan fingerprint density at radius 1 is 0.632 bits per heavy atom. The lowest BCUT2D eigenvalue weighted by Crippen LogP contribution is -2.72. The summed E-state index contributed by atoms with van der Waals surface area (Å²) in [4.78, 5) is 1.46. The van der Waals surface area contributed by atoms with Crippen molar-refractivity contribution >= 4 is 5.69 Å². The van der Waals surface area contributed by atoms with Crippen LogP contribution in [0.1, 0.15) is 32.8 Å². The third-order valence-electron chi connectivity index (χ3n) is 5.98. The van der Waals surface area contributed by atoms with Crippen LogP contribution >= 0.6 is 0 Å². The van der Waals surface area contributed by atoms with Crippen LogP contribution in [0.5, 0.6) is 0 Å². The highest BCUT2D eigenvalue weighted by Crippen LogP contribution is 2.63. The molecule has 38 heavy (non-hydrogen) atoms. The number of methoxy groups -OCH3 is 1. The van der Waals surface area contributed by atoms with Crippen LogP contribution in [0.25, 0.3) is 0 Å². The molecule has 0 saturated carbocycles. The van der Waals surface area contributed by atoms with Crippen molar-refractivity contribution in [3.05, 3.63) is 29.8 Å². The van der Waals surface area contributed by atoms with E-state index < -0.39 is 53.7 Å². The minimum Gasteiger partial charge on any atom is -0.374 e. The zero-order valence-electron chi connectivity index (χ0n) is 20.0. The Balaban J connectivity index is 3.70. The van der Waals surface area contributed by atoms with E-state index in [4.69, 9.17) is 4.74 Å². The summed E-state index contributed by atoms with van der Waals surface area (Å²) in [6.07, 6.45) is -10.3. The van der Waals surface area contributed by atoms with E-state index in [1.54, 1.807) is 13.8 Å². The number of ether oxygens (including phenoxy) is 1. The first-order valence-electron chi connectivity index (χ1n) is 10.5. The van der Waals surface area contributed by atoms with Crippen LogP contribution in [0.2, 0.25) is 0 Å². The minimum atomic E-state index is -8.32. The van der Waals surface area contributed by atoms with E-state index >= 15 is 0 Å². The Bertz CT molecular complexity index is 956. The molecule has 0 fully saturated rings. The number of nitrogens with zero attached hydrogens (tertiary/aromatic N) is 1. The molecule has 1 aromatic rings. The van der Waals surface area contributed by atoms with Crippen LogP contribution in [-0.2, 0) is 10.3 Å². The smallest absolute Gasteiger partial charge is 0.374 e. The summed E-state index contributed by atoms with van der Waals surface area (Å²) in [5.41, 5.74) is -3.06. The van der Waals surface area contributed by atoms with Gasteiger partial charge in [-0.15, -0.1) is 0 Å². The summed E-state index contributed by atoms with van der Waals surface area (Å²) >= 11 is 0. The van der Waals surface area contributed by atoms with E-state index in [-0.39, 0.29) is 24.3 Å². The van der Waals surface area contributed by atoms with Crippen molar-refractivity contribution in [3.8, 4) is 0 Å². The first-order valence-corrected chi connectivity index (χ1v) is 10.5. The highest BCUT2D eigenvalue weighted by atomic mass is 19.4. The van der Waals surface area contributed by atoms with Crippen molar-refractivity contribution in [1.82, 2.24) is 0 Å². The Kier molecular flexibility index (Phi) is 9.07. The van der Waals surface area contributed by atoms with Crippen molar-refractivity contribution < 1.29 is 70.6 Å². The van der Waals surface area contributed by atoms with Crippen LogP contribution in [-0.4, -0.2) is 61.9 Å². The van der Waals surface area contributed by atoms with E-state index in [1.165, 1.54) is 23.1 Å². The standard InChI is InChI=1S/C21H22F15NO/c1-5-37(6-2)13-10-8-7-9-12(13)14(3,38-4)11-15(22,23)16(24,25)17(26,27)18(28,29)19(30,31)20(32,33)21(34,35)36/h7-10H,5-6,11H2,1-4H3. The SMILES string of the molecule is CCN(CC)c1ccccc1C(C)(CC(F)(F)C(F)(F)C(F)(F)C(F)(F)C(F)(F)C(F)(F)C(F)(F)F)OC. The highest BCUT2D eigenvalue weighted by molar-refractivity contribution is 5.56. The lowest BCUT2D eigenvalue weighted by molar-refractivity contribution is -0.453. The predicted octanol–water partition coefficient (Wildman–Crippen LogP) is 8.16. The molecule has 0 spiro atoms. The Morgan fingerprint density at radius 2 is 1.03 bits per heavy atom. The zero-order chi connectivity index (χ0) is 30.4. The maximum Gasteiger partial charge on any atom is 0.460 e. The molecule has 1 unspecified atom stereocenters. The van der Waals surface area contributed by atoms with E-state index in [1.807, 2.05) is 0 Å². The largest absolute Gasteiger partial charge is 0.460 e. The second-order valence-corrected chi connectivity index (χ2v) is 8.38. The molecule has 0 amide bonds. The van der Waals surface area contributed by atoms with Gasteiger partial charge in [0.15, 0.2) is 0 Å². The number of hydrogen-bond donors (Lipinski definition) is 0. The molecule has 0 radical (unpaired) electrons. The topological polar surface area (TPSA) is 12.5 Å². The van der Waals surface area contributed by atoms with E-state index in [9.17, 15) is 65.9 Å². The molecule has 1 rings (SSSR count). The van der Waals surface area contributed by atoms with Gasteiger partial charge in [-0.25, -0.2) is 0 Å². The first-order chi connectivity index (χ1) is 16.8. The van der Waals surface area contributed by atoms with Gasteiger partial charge >= 0.3 is 41.7 Å². The van der Waals surface area contributed by atoms with Gasteiger partial charge in [0, 0.05) is 31.5 Å². The monoisotopic (exact) mass is 589 g/mol. The van der Waals surface area contributed by atoms with Gasteiger partial charge in [-0.3, -0.25) is 0 Å². The van der Waals surface area contributed by atoms with Gasteiger partial charge in [-0.05, 0) is 26.8 Å². The van der Waals surface area contributed by atoms with Crippen LogP contribution in [0.4, 0.5) is 71.5 Å². The molecule has 2 nitrogen and oxygen atoms in total. The Morgan fingerprint density at radius 3 is 1.42 bits per heavy atom. The lowest BCUT2D eigenvalue weighted by Gasteiger charge is -2.43. The van der Waals surface area contributed by atoms with Crippen molar-refractivity contribution in [2.45, 2.75) is 74.5 Å². The van der Waals surface area contributed by atoms with Gasteiger partial charge in [0.25, 0.3) is 0 Å². The van der Waals surface area contributed by atoms with Gasteiger partial charge in [-0.1, -0.05) is 18.2 Å². The molecule has 0 aliphatic rings. The summed E-state index contributed by atoms with van der Waals surface area (Å²) in [6.45, 7) is 4.17. The molecule has 0 bridgehead atoms. The van der Waals surface area contributed by atoms with Crippen LogP contribution in [0, 0.1) is 0 Å². The number of rotatable bonds is 12. The molecule has 0 heterocycles. The van der Waals surface area contributed by atoms with Gasteiger partial charge in [0.05, 0.1) is 12.0 Å². The van der Waals surface area contributed by atoms with Crippen molar-refractivity contribution in [1.29, 1.82) is 0 Å². The molecule has 222 valence electrons. The quantitative estimate of drug-likeness (QED) is 0.228. The van der Waals surface area contributed by atoms with Crippen LogP contribution in [0.3, 0.4) is 0 Å². The van der Waals surface area contributed by atoms with Crippen molar-refractivity contribution in [2.75, 3.05) is 25.1 Å². The predicted molar refractivity (Wildman–Crippen MR) is 105 cm³/mol. The summed E-state index contributed by atoms with van der Waals surface area (Å²) < 4.78 is 208. The highest BCUT2D eigenvalue weighted by Gasteiger charge is 2.93. The van der Waals surface area contributed by atoms with Crippen molar-refractivity contribution in [2.24, 2.45) is 0 Å². The number of halogens is 15. The number of benzene rings is 1. The molecular formula is C21H22F15NO. The number of para-hydroxylation sites is 1. The molecule has 0 N–H and O–H groups in total. The number of hydrogen-bond acceptors (Lipinski definition) is 2. The molecule has 1 aromatic carbocycles. The fourth-order valence-electron chi connectivity index (χ4n) is 3.57. The molecule has 17 heteroatoms.